The number of nitrogens with two attached hydrogens (primary N) is 1. The first kappa shape index (κ1) is 13.9. The van der Waals surface area contributed by atoms with E-state index in [0.29, 0.717) is 0 Å². The third-order valence-corrected chi connectivity index (χ3v) is 1.53. The van der Waals surface area contributed by atoms with Crippen LogP contribution in [0.25, 0.3) is 0 Å². The highest BCUT2D eigenvalue weighted by Crippen LogP contribution is 2.08. The molecule has 3 N–H and O–H groups in total. The second-order valence-electron chi connectivity index (χ2n) is 4.55. The topological polar surface area (TPSA) is 81.4 Å². The van der Waals surface area contributed by atoms with Crippen LogP contribution in [0.4, 0.5) is 0 Å². The highest BCUT2D eigenvalue weighted by Gasteiger charge is 2.23. The van der Waals surface area contributed by atoms with Crippen LogP contribution in [0.1, 0.15) is 34.6 Å². The van der Waals surface area contributed by atoms with Crippen molar-refractivity contribution >= 4 is 11.9 Å². The van der Waals surface area contributed by atoms with E-state index in [1.54, 1.807) is 34.6 Å². The molecule has 0 spiro atoms. The van der Waals surface area contributed by atoms with Crippen LogP contribution in [0.15, 0.2) is 0 Å². The first-order valence-corrected chi connectivity index (χ1v) is 4.92. The number of amides is 1. The van der Waals surface area contributed by atoms with E-state index in [-0.39, 0.29) is 5.91 Å². The molecule has 0 rings (SSSR count). The van der Waals surface area contributed by atoms with Crippen molar-refractivity contribution in [1.29, 1.82) is 0 Å². The number of ether oxygens (including phenoxy) is 1. The average Bonchev–Trinajstić information content (AvgIpc) is 2.00. The van der Waals surface area contributed by atoms with Crippen LogP contribution in [-0.2, 0) is 14.3 Å². The van der Waals surface area contributed by atoms with Crippen LogP contribution in [0.2, 0.25) is 0 Å². The molecule has 0 fully saturated rings. The molecular formula is C10H20N2O3. The summed E-state index contributed by atoms with van der Waals surface area (Å²) in [5.74, 6) is -0.829. The number of esters is 1. The second kappa shape index (κ2) is 5.11. The summed E-state index contributed by atoms with van der Waals surface area (Å²) in [6.07, 6.45) is 0. The molecule has 0 saturated heterocycles. The number of rotatable bonds is 3. The van der Waals surface area contributed by atoms with E-state index >= 15 is 0 Å². The predicted octanol–water partition coefficient (Wildman–Crippen LogP) is 0.180. The minimum Gasteiger partial charge on any atom is -0.458 e. The second-order valence-corrected chi connectivity index (χ2v) is 4.55. The van der Waals surface area contributed by atoms with Crippen LogP contribution in [0.3, 0.4) is 0 Å². The monoisotopic (exact) mass is 216 g/mol. The van der Waals surface area contributed by atoms with E-state index in [1.807, 2.05) is 0 Å². The Morgan fingerprint density at radius 3 is 2.07 bits per heavy atom. The van der Waals surface area contributed by atoms with Crippen LogP contribution in [-0.4, -0.2) is 29.6 Å². The van der Waals surface area contributed by atoms with Gasteiger partial charge in [-0.05, 0) is 34.6 Å². The predicted molar refractivity (Wildman–Crippen MR) is 57.1 cm³/mol. The van der Waals surface area contributed by atoms with E-state index in [4.69, 9.17) is 10.5 Å². The Labute approximate surface area is 90.4 Å². The van der Waals surface area contributed by atoms with E-state index in [1.165, 1.54) is 0 Å². The molecule has 0 aliphatic heterocycles. The van der Waals surface area contributed by atoms with Gasteiger partial charge in [-0.2, -0.15) is 0 Å². The molecule has 0 aromatic heterocycles. The zero-order chi connectivity index (χ0) is 12.2. The first-order valence-electron chi connectivity index (χ1n) is 4.92. The molecule has 0 aromatic rings. The maximum absolute atomic E-state index is 11.4. The molecule has 2 unspecified atom stereocenters. The van der Waals surface area contributed by atoms with Crippen LogP contribution in [0.5, 0.6) is 0 Å². The largest absolute Gasteiger partial charge is 0.458 e. The molecule has 0 heterocycles. The minimum absolute atomic E-state index is 0.367. The third kappa shape index (κ3) is 6.06. The number of carbonyl (C=O) groups is 2. The molecule has 88 valence electrons. The lowest BCUT2D eigenvalue weighted by molar-refractivity contribution is -0.158. The van der Waals surface area contributed by atoms with Crippen molar-refractivity contribution in [2.45, 2.75) is 52.3 Å². The maximum atomic E-state index is 11.4. The van der Waals surface area contributed by atoms with Crippen LogP contribution >= 0.6 is 0 Å². The Balaban J connectivity index is 4.17. The molecule has 5 heteroatoms. The van der Waals surface area contributed by atoms with Gasteiger partial charge in [0.2, 0.25) is 5.91 Å². The van der Waals surface area contributed by atoms with E-state index in [0.717, 1.165) is 0 Å². The summed E-state index contributed by atoms with van der Waals surface area (Å²) in [5, 5.41) is 2.46. The number of nitrogens with one attached hydrogen (secondary N) is 1. The van der Waals surface area contributed by atoms with Crippen LogP contribution < -0.4 is 11.1 Å². The summed E-state index contributed by atoms with van der Waals surface area (Å²) in [6, 6.07) is -1.31. The van der Waals surface area contributed by atoms with Crippen LogP contribution in [0, 0.1) is 0 Å². The lowest BCUT2D eigenvalue weighted by Gasteiger charge is -2.23. The zero-order valence-electron chi connectivity index (χ0n) is 9.96. The van der Waals surface area contributed by atoms with Gasteiger partial charge in [-0.25, -0.2) is 4.79 Å². The van der Waals surface area contributed by atoms with Gasteiger partial charge in [-0.1, -0.05) is 0 Å². The Morgan fingerprint density at radius 1 is 1.27 bits per heavy atom. The molecular weight excluding hydrogens is 196 g/mol. The van der Waals surface area contributed by atoms with Gasteiger partial charge in [-0.15, -0.1) is 0 Å². The molecule has 1 amide bonds. The lowest BCUT2D eigenvalue weighted by Crippen LogP contribution is -2.47. The van der Waals surface area contributed by atoms with Crippen molar-refractivity contribution in [1.82, 2.24) is 5.32 Å². The molecule has 0 aliphatic rings. The molecule has 5 nitrogen and oxygen atoms in total. The van der Waals surface area contributed by atoms with Crippen molar-refractivity contribution in [2.75, 3.05) is 0 Å². The van der Waals surface area contributed by atoms with E-state index in [9.17, 15) is 9.59 Å². The smallest absolute Gasteiger partial charge is 0.328 e. The number of hydrogen-bond acceptors (Lipinski definition) is 4. The molecule has 0 aliphatic carbocycles. The third-order valence-electron chi connectivity index (χ3n) is 1.53. The Hall–Kier alpha value is -1.10. The molecule has 0 saturated carbocycles. The Bertz CT molecular complexity index is 244. The van der Waals surface area contributed by atoms with E-state index in [2.05, 4.69) is 5.32 Å². The lowest BCUT2D eigenvalue weighted by atomic mass is 10.2. The highest BCUT2D eigenvalue weighted by molar-refractivity contribution is 5.86. The first-order chi connectivity index (χ1) is 6.63. The van der Waals surface area contributed by atoms with Crippen molar-refractivity contribution in [2.24, 2.45) is 5.73 Å². The standard InChI is InChI=1S/C10H20N2O3/c1-6(11)8(13)12-7(2)9(14)15-10(3,4)5/h6-7H,11H2,1-5H3,(H,12,13). The number of carbonyl (C=O) groups excluding carboxylic acids is 2. The molecule has 0 radical (unpaired) electrons. The quantitative estimate of drug-likeness (QED) is 0.659. The van der Waals surface area contributed by atoms with Crippen molar-refractivity contribution in [3.05, 3.63) is 0 Å². The fourth-order valence-electron chi connectivity index (χ4n) is 0.794. The fraction of sp³-hybridized carbons (Fsp3) is 0.800. The summed E-state index contributed by atoms with van der Waals surface area (Å²) >= 11 is 0. The fourth-order valence-corrected chi connectivity index (χ4v) is 0.794. The summed E-state index contributed by atoms with van der Waals surface area (Å²) in [6.45, 7) is 8.42. The average molecular weight is 216 g/mol. The zero-order valence-corrected chi connectivity index (χ0v) is 9.96. The minimum atomic E-state index is -0.678. The molecule has 0 bridgehead atoms. The summed E-state index contributed by atoms with van der Waals surface area (Å²) < 4.78 is 5.09. The van der Waals surface area contributed by atoms with Gasteiger partial charge in [0.25, 0.3) is 0 Å². The van der Waals surface area contributed by atoms with Gasteiger partial charge in [0.15, 0.2) is 0 Å². The maximum Gasteiger partial charge on any atom is 0.328 e. The highest BCUT2D eigenvalue weighted by atomic mass is 16.6. The van der Waals surface area contributed by atoms with Gasteiger partial charge >= 0.3 is 5.97 Å². The summed E-state index contributed by atoms with van der Waals surface area (Å²) in [4.78, 5) is 22.6. The van der Waals surface area contributed by atoms with E-state index < -0.39 is 23.7 Å². The van der Waals surface area contributed by atoms with Crippen molar-refractivity contribution < 1.29 is 14.3 Å². The number of hydrogen-bond donors (Lipinski definition) is 2. The Morgan fingerprint density at radius 2 is 1.73 bits per heavy atom. The SMILES string of the molecule is CC(N)C(=O)NC(C)C(=O)OC(C)(C)C. The molecule has 15 heavy (non-hydrogen) atoms. The van der Waals surface area contributed by atoms with Crippen molar-refractivity contribution in [3.8, 4) is 0 Å². The summed E-state index contributed by atoms with van der Waals surface area (Å²) in [7, 11) is 0. The summed E-state index contributed by atoms with van der Waals surface area (Å²) in [5.41, 5.74) is 4.80. The normalized spacial score (nSPS) is 15.3. The van der Waals surface area contributed by atoms with Gasteiger partial charge in [-0.3, -0.25) is 4.79 Å². The van der Waals surface area contributed by atoms with Gasteiger partial charge in [0.05, 0.1) is 6.04 Å². The Kier molecular flexibility index (Phi) is 4.74. The molecule has 0 aromatic carbocycles. The molecule has 2 atom stereocenters. The van der Waals surface area contributed by atoms with Gasteiger partial charge in [0, 0.05) is 0 Å². The van der Waals surface area contributed by atoms with Crippen molar-refractivity contribution in [3.63, 3.8) is 0 Å². The van der Waals surface area contributed by atoms with Gasteiger partial charge in [0.1, 0.15) is 11.6 Å². The van der Waals surface area contributed by atoms with Gasteiger partial charge < -0.3 is 15.8 Å².